The largest absolute Gasteiger partial charge is 0.353 e. The number of rotatable bonds is 5. The van der Waals surface area contributed by atoms with Crippen LogP contribution in [0.2, 0.25) is 0 Å². The third-order valence-corrected chi connectivity index (χ3v) is 2.38. The zero-order valence-electron chi connectivity index (χ0n) is 6.89. The Bertz CT molecular complexity index is 121. The number of hydrogen-bond donors (Lipinski definition) is 1. The van der Waals surface area contributed by atoms with Crippen molar-refractivity contribution in [1.82, 2.24) is 5.32 Å². The summed E-state index contributed by atoms with van der Waals surface area (Å²) >= 11 is 4.96. The van der Waals surface area contributed by atoms with Gasteiger partial charge in [0.1, 0.15) is 0 Å². The molecule has 0 aromatic heterocycles. The van der Waals surface area contributed by atoms with Crippen molar-refractivity contribution in [2.45, 2.75) is 19.4 Å². The van der Waals surface area contributed by atoms with E-state index in [-0.39, 0.29) is 11.9 Å². The van der Waals surface area contributed by atoms with Gasteiger partial charge in [0.15, 0.2) is 0 Å². The number of amides is 1. The normalized spacial score (nSPS) is 12.6. The van der Waals surface area contributed by atoms with E-state index in [2.05, 4.69) is 21.2 Å². The van der Waals surface area contributed by atoms with Crippen LogP contribution in [-0.2, 0) is 4.79 Å². The van der Waals surface area contributed by atoms with E-state index in [9.17, 15) is 4.79 Å². The molecule has 4 heteroatoms. The predicted octanol–water partition coefficient (Wildman–Crippen LogP) is 1.64. The Balaban J connectivity index is 3.40. The summed E-state index contributed by atoms with van der Waals surface area (Å²) in [5.74, 6) is 1.11. The summed E-state index contributed by atoms with van der Waals surface area (Å²) in [6.45, 7) is 2.02. The zero-order chi connectivity index (χ0) is 8.69. The van der Waals surface area contributed by atoms with E-state index in [1.165, 1.54) is 0 Å². The van der Waals surface area contributed by atoms with E-state index in [1.807, 2.05) is 13.2 Å². The fourth-order valence-corrected chi connectivity index (χ4v) is 1.67. The summed E-state index contributed by atoms with van der Waals surface area (Å²) in [5, 5.41) is 3.63. The first kappa shape index (κ1) is 11.3. The highest BCUT2D eigenvalue weighted by atomic mass is 79.9. The first-order valence-electron chi connectivity index (χ1n) is 3.55. The van der Waals surface area contributed by atoms with Gasteiger partial charge in [0.2, 0.25) is 5.91 Å². The Labute approximate surface area is 80.6 Å². The maximum absolute atomic E-state index is 11.0. The molecule has 1 amide bonds. The van der Waals surface area contributed by atoms with Gasteiger partial charge in [-0.05, 0) is 13.2 Å². The van der Waals surface area contributed by atoms with Crippen LogP contribution in [0.1, 0.15) is 13.3 Å². The molecule has 66 valence electrons. The first-order valence-corrected chi connectivity index (χ1v) is 6.06. The number of halogens is 1. The van der Waals surface area contributed by atoms with Gasteiger partial charge in [-0.15, -0.1) is 0 Å². The molecule has 1 atom stereocenters. The number of carbonyl (C=O) groups is 1. The van der Waals surface area contributed by atoms with Crippen LogP contribution in [0.15, 0.2) is 0 Å². The minimum atomic E-state index is 0.128. The third-order valence-electron chi connectivity index (χ3n) is 1.15. The van der Waals surface area contributed by atoms with E-state index >= 15 is 0 Å². The van der Waals surface area contributed by atoms with Crippen LogP contribution in [0.5, 0.6) is 0 Å². The minimum absolute atomic E-state index is 0.128. The lowest BCUT2D eigenvalue weighted by Gasteiger charge is -2.11. The molecule has 0 aliphatic carbocycles. The Hall–Kier alpha value is 0.300. The van der Waals surface area contributed by atoms with Gasteiger partial charge in [0, 0.05) is 23.5 Å². The van der Waals surface area contributed by atoms with Crippen LogP contribution in [0, 0.1) is 0 Å². The van der Waals surface area contributed by atoms with E-state index in [0.29, 0.717) is 6.42 Å². The van der Waals surface area contributed by atoms with Crippen LogP contribution in [0.4, 0.5) is 0 Å². The van der Waals surface area contributed by atoms with E-state index < -0.39 is 0 Å². The number of hydrogen-bond acceptors (Lipinski definition) is 2. The van der Waals surface area contributed by atoms with E-state index in [4.69, 9.17) is 0 Å². The molecule has 0 aromatic carbocycles. The zero-order valence-corrected chi connectivity index (χ0v) is 9.30. The van der Waals surface area contributed by atoms with Gasteiger partial charge in [-0.3, -0.25) is 4.79 Å². The number of alkyl halides is 1. The molecule has 0 bridgehead atoms. The molecule has 2 nitrogen and oxygen atoms in total. The van der Waals surface area contributed by atoms with Gasteiger partial charge in [-0.1, -0.05) is 15.9 Å². The van der Waals surface area contributed by atoms with Crippen molar-refractivity contribution in [3.05, 3.63) is 0 Å². The summed E-state index contributed by atoms with van der Waals surface area (Å²) in [7, 11) is 0. The Morgan fingerprint density at radius 1 is 1.73 bits per heavy atom. The lowest BCUT2D eigenvalue weighted by molar-refractivity contribution is -0.121. The molecule has 0 saturated heterocycles. The molecule has 0 fully saturated rings. The van der Waals surface area contributed by atoms with Gasteiger partial charge in [0.25, 0.3) is 0 Å². The Kier molecular flexibility index (Phi) is 7.17. The summed E-state index contributed by atoms with van der Waals surface area (Å²) in [5.41, 5.74) is 0. The lowest BCUT2D eigenvalue weighted by Crippen LogP contribution is -2.34. The summed E-state index contributed by atoms with van der Waals surface area (Å²) in [4.78, 5) is 11.0. The summed E-state index contributed by atoms with van der Waals surface area (Å²) < 4.78 is 0. The molecule has 0 aliphatic rings. The van der Waals surface area contributed by atoms with Crippen molar-refractivity contribution < 1.29 is 4.79 Å². The molecule has 1 N–H and O–H groups in total. The molecular weight excluding hydrogens is 226 g/mol. The van der Waals surface area contributed by atoms with Crippen LogP contribution in [-0.4, -0.2) is 29.3 Å². The van der Waals surface area contributed by atoms with Gasteiger partial charge < -0.3 is 5.32 Å². The standard InChI is InChI=1S/C7H14BrNOS/c1-6(5-11-2)9-7(10)3-4-8/h6H,3-5H2,1-2H3,(H,9,10). The molecule has 0 heterocycles. The third kappa shape index (κ3) is 6.69. The van der Waals surface area contributed by atoms with Gasteiger partial charge >= 0.3 is 0 Å². The van der Waals surface area contributed by atoms with Gasteiger partial charge in [-0.25, -0.2) is 0 Å². The van der Waals surface area contributed by atoms with Crippen LogP contribution >= 0.6 is 27.7 Å². The highest BCUT2D eigenvalue weighted by molar-refractivity contribution is 9.09. The summed E-state index contributed by atoms with van der Waals surface area (Å²) in [6, 6.07) is 0.288. The molecule has 1 unspecified atom stereocenters. The molecule has 0 aliphatic heterocycles. The van der Waals surface area contributed by atoms with Crippen LogP contribution in [0.25, 0.3) is 0 Å². The molecular formula is C7H14BrNOS. The second kappa shape index (κ2) is 6.98. The molecule has 0 rings (SSSR count). The number of nitrogens with one attached hydrogen (secondary N) is 1. The molecule has 0 aromatic rings. The van der Waals surface area contributed by atoms with Crippen LogP contribution < -0.4 is 5.32 Å². The van der Waals surface area contributed by atoms with E-state index in [0.717, 1.165) is 11.1 Å². The van der Waals surface area contributed by atoms with Crippen molar-refractivity contribution in [3.8, 4) is 0 Å². The monoisotopic (exact) mass is 239 g/mol. The van der Waals surface area contributed by atoms with Crippen molar-refractivity contribution in [1.29, 1.82) is 0 Å². The quantitative estimate of drug-likeness (QED) is 0.740. The lowest BCUT2D eigenvalue weighted by atomic mass is 10.3. The Morgan fingerprint density at radius 2 is 2.36 bits per heavy atom. The van der Waals surface area contributed by atoms with Crippen molar-refractivity contribution in [2.24, 2.45) is 0 Å². The fraction of sp³-hybridized carbons (Fsp3) is 0.857. The van der Waals surface area contributed by atoms with Gasteiger partial charge in [0.05, 0.1) is 0 Å². The first-order chi connectivity index (χ1) is 5.20. The number of thioether (sulfide) groups is 1. The fourth-order valence-electron chi connectivity index (χ4n) is 0.724. The second-order valence-electron chi connectivity index (χ2n) is 2.36. The maximum Gasteiger partial charge on any atom is 0.221 e. The average molecular weight is 240 g/mol. The SMILES string of the molecule is CSCC(C)NC(=O)CCBr. The molecule has 0 radical (unpaired) electrons. The minimum Gasteiger partial charge on any atom is -0.353 e. The van der Waals surface area contributed by atoms with Crippen molar-refractivity contribution in [2.75, 3.05) is 17.3 Å². The van der Waals surface area contributed by atoms with Gasteiger partial charge in [-0.2, -0.15) is 11.8 Å². The maximum atomic E-state index is 11.0. The molecule has 0 spiro atoms. The molecule has 0 saturated carbocycles. The van der Waals surface area contributed by atoms with Crippen LogP contribution in [0.3, 0.4) is 0 Å². The van der Waals surface area contributed by atoms with Crippen molar-refractivity contribution >= 4 is 33.6 Å². The average Bonchev–Trinajstić information content (AvgIpc) is 1.87. The predicted molar refractivity (Wildman–Crippen MR) is 54.4 cm³/mol. The molecule has 11 heavy (non-hydrogen) atoms. The highest BCUT2D eigenvalue weighted by Crippen LogP contribution is 1.96. The van der Waals surface area contributed by atoms with Crippen molar-refractivity contribution in [3.63, 3.8) is 0 Å². The summed E-state index contributed by atoms with van der Waals surface area (Å²) in [6.07, 6.45) is 2.60. The van der Waals surface area contributed by atoms with E-state index in [1.54, 1.807) is 11.8 Å². The smallest absolute Gasteiger partial charge is 0.221 e. The topological polar surface area (TPSA) is 29.1 Å². The second-order valence-corrected chi connectivity index (χ2v) is 4.07. The number of carbonyl (C=O) groups excluding carboxylic acids is 1. The highest BCUT2D eigenvalue weighted by Gasteiger charge is 2.04. The Morgan fingerprint density at radius 3 is 2.82 bits per heavy atom.